The fourth-order valence-corrected chi connectivity index (χ4v) is 2.94. The lowest BCUT2D eigenvalue weighted by Gasteiger charge is -2.24. The molecule has 96 valence electrons. The second kappa shape index (κ2) is 5.87. The van der Waals surface area contributed by atoms with Crippen molar-refractivity contribution in [1.29, 1.82) is 0 Å². The van der Waals surface area contributed by atoms with Crippen LogP contribution in [-0.4, -0.2) is 22.4 Å². The third-order valence-electron chi connectivity index (χ3n) is 3.23. The number of aromatic nitrogens is 2. The predicted octanol–water partition coefficient (Wildman–Crippen LogP) is 2.70. The summed E-state index contributed by atoms with van der Waals surface area (Å²) in [6.45, 7) is 5.40. The van der Waals surface area contributed by atoms with Crippen LogP contribution < -0.4 is 5.32 Å². The first-order valence-electron chi connectivity index (χ1n) is 6.46. The van der Waals surface area contributed by atoms with Crippen LogP contribution in [0.4, 0.5) is 0 Å². The summed E-state index contributed by atoms with van der Waals surface area (Å²) in [6, 6.07) is 0. The van der Waals surface area contributed by atoms with Crippen molar-refractivity contribution < 1.29 is 4.52 Å². The Morgan fingerprint density at radius 3 is 3.00 bits per heavy atom. The van der Waals surface area contributed by atoms with E-state index < -0.39 is 0 Å². The Balaban J connectivity index is 2.10. The van der Waals surface area contributed by atoms with Gasteiger partial charge in [-0.25, -0.2) is 0 Å². The van der Waals surface area contributed by atoms with Gasteiger partial charge in [0.25, 0.3) is 0 Å². The molecule has 1 aliphatic heterocycles. The van der Waals surface area contributed by atoms with Crippen molar-refractivity contribution in [3.05, 3.63) is 11.7 Å². The van der Waals surface area contributed by atoms with Crippen molar-refractivity contribution in [2.45, 2.75) is 50.8 Å². The quantitative estimate of drug-likeness (QED) is 0.847. The van der Waals surface area contributed by atoms with E-state index in [1.165, 1.54) is 6.42 Å². The van der Waals surface area contributed by atoms with Crippen LogP contribution >= 0.6 is 11.8 Å². The molecule has 0 spiro atoms. The molecule has 1 aliphatic rings. The van der Waals surface area contributed by atoms with Crippen LogP contribution in [-0.2, 0) is 11.3 Å². The van der Waals surface area contributed by atoms with E-state index in [0.29, 0.717) is 0 Å². The van der Waals surface area contributed by atoms with Crippen LogP contribution in [0, 0.1) is 0 Å². The molecule has 1 saturated heterocycles. The third kappa shape index (κ3) is 2.83. The van der Waals surface area contributed by atoms with Gasteiger partial charge in [-0.05, 0) is 31.6 Å². The van der Waals surface area contributed by atoms with E-state index in [4.69, 9.17) is 4.52 Å². The van der Waals surface area contributed by atoms with Crippen LogP contribution in [0.5, 0.6) is 0 Å². The predicted molar refractivity (Wildman–Crippen MR) is 70.0 cm³/mol. The van der Waals surface area contributed by atoms with Crippen molar-refractivity contribution in [2.24, 2.45) is 0 Å². The summed E-state index contributed by atoms with van der Waals surface area (Å²) in [5, 5.41) is 7.63. The molecule has 0 saturated carbocycles. The van der Waals surface area contributed by atoms with Crippen LogP contribution in [0.15, 0.2) is 4.52 Å². The van der Waals surface area contributed by atoms with E-state index in [1.54, 1.807) is 0 Å². The maximum atomic E-state index is 5.46. The summed E-state index contributed by atoms with van der Waals surface area (Å²) in [7, 11) is 0. The number of rotatable bonds is 6. The number of hydrogen-bond donors (Lipinski definition) is 1. The summed E-state index contributed by atoms with van der Waals surface area (Å²) in [5.74, 6) is 3.56. The molecule has 5 heteroatoms. The molecule has 0 aliphatic carbocycles. The molecule has 4 nitrogen and oxygen atoms in total. The number of thioether (sulfide) groups is 1. The fraction of sp³-hybridized carbons (Fsp3) is 0.833. The molecular weight excluding hydrogens is 234 g/mol. The average molecular weight is 255 g/mol. The molecule has 1 fully saturated rings. The van der Waals surface area contributed by atoms with Crippen molar-refractivity contribution in [3.8, 4) is 0 Å². The Bertz CT molecular complexity index is 347. The Kier molecular flexibility index (Phi) is 4.45. The van der Waals surface area contributed by atoms with E-state index >= 15 is 0 Å². The zero-order valence-corrected chi connectivity index (χ0v) is 11.5. The van der Waals surface area contributed by atoms with Gasteiger partial charge in [0, 0.05) is 0 Å². The maximum absolute atomic E-state index is 5.46. The monoisotopic (exact) mass is 255 g/mol. The molecular formula is C12H21N3OS. The molecule has 0 aromatic carbocycles. The Labute approximate surface area is 107 Å². The van der Waals surface area contributed by atoms with Gasteiger partial charge in [-0.1, -0.05) is 25.4 Å². The SMILES string of the molecule is CCCC1(c2nc(CSCC)no2)CCCN1. The van der Waals surface area contributed by atoms with Crippen molar-refractivity contribution >= 4 is 11.8 Å². The number of hydrogen-bond acceptors (Lipinski definition) is 5. The Hall–Kier alpha value is -0.550. The van der Waals surface area contributed by atoms with Crippen LogP contribution in [0.1, 0.15) is 51.2 Å². The molecule has 2 heterocycles. The first-order valence-corrected chi connectivity index (χ1v) is 7.62. The molecule has 1 N–H and O–H groups in total. The summed E-state index contributed by atoms with van der Waals surface area (Å²) in [5.41, 5.74) is -0.0448. The summed E-state index contributed by atoms with van der Waals surface area (Å²) < 4.78 is 5.46. The van der Waals surface area contributed by atoms with Gasteiger partial charge in [0.05, 0.1) is 11.3 Å². The van der Waals surface area contributed by atoms with E-state index in [2.05, 4.69) is 29.3 Å². The van der Waals surface area contributed by atoms with E-state index in [1.807, 2.05) is 11.8 Å². The van der Waals surface area contributed by atoms with Gasteiger partial charge in [-0.3, -0.25) is 0 Å². The zero-order chi connectivity index (χ0) is 12.1. The molecule has 1 aromatic rings. The molecule has 0 radical (unpaired) electrons. The Morgan fingerprint density at radius 1 is 1.47 bits per heavy atom. The molecule has 1 atom stereocenters. The maximum Gasteiger partial charge on any atom is 0.246 e. The minimum absolute atomic E-state index is 0.0448. The van der Waals surface area contributed by atoms with E-state index in [0.717, 1.165) is 49.0 Å². The van der Waals surface area contributed by atoms with Gasteiger partial charge >= 0.3 is 0 Å². The molecule has 1 aromatic heterocycles. The molecule has 1 unspecified atom stereocenters. The van der Waals surface area contributed by atoms with E-state index in [-0.39, 0.29) is 5.54 Å². The van der Waals surface area contributed by atoms with Gasteiger partial charge < -0.3 is 9.84 Å². The van der Waals surface area contributed by atoms with Gasteiger partial charge in [0.2, 0.25) is 5.89 Å². The highest BCUT2D eigenvalue weighted by molar-refractivity contribution is 7.98. The zero-order valence-electron chi connectivity index (χ0n) is 10.7. The number of nitrogens with zero attached hydrogens (tertiary/aromatic N) is 2. The topological polar surface area (TPSA) is 51.0 Å². The minimum atomic E-state index is -0.0448. The molecule has 17 heavy (non-hydrogen) atoms. The largest absolute Gasteiger partial charge is 0.337 e. The highest BCUT2D eigenvalue weighted by Crippen LogP contribution is 2.34. The molecule has 2 rings (SSSR count). The van der Waals surface area contributed by atoms with Crippen molar-refractivity contribution in [2.75, 3.05) is 12.3 Å². The first kappa shape index (κ1) is 12.9. The second-order valence-corrected chi connectivity index (χ2v) is 5.79. The van der Waals surface area contributed by atoms with Gasteiger partial charge in [0.15, 0.2) is 5.82 Å². The standard InChI is InChI=1S/C12H21N3OS/c1-3-6-12(7-5-8-13-12)11-14-10(15-16-11)9-17-4-2/h13H,3-9H2,1-2H3. The lowest BCUT2D eigenvalue weighted by Crippen LogP contribution is -2.37. The molecule has 0 bridgehead atoms. The average Bonchev–Trinajstić information content (AvgIpc) is 2.96. The van der Waals surface area contributed by atoms with Crippen molar-refractivity contribution in [1.82, 2.24) is 15.5 Å². The van der Waals surface area contributed by atoms with E-state index in [9.17, 15) is 0 Å². The second-order valence-electron chi connectivity index (χ2n) is 4.52. The first-order chi connectivity index (χ1) is 8.30. The Morgan fingerprint density at radius 2 is 2.35 bits per heavy atom. The van der Waals surface area contributed by atoms with Gasteiger partial charge in [-0.15, -0.1) is 0 Å². The van der Waals surface area contributed by atoms with Gasteiger partial charge in [-0.2, -0.15) is 16.7 Å². The number of nitrogens with one attached hydrogen (secondary N) is 1. The fourth-order valence-electron chi connectivity index (χ4n) is 2.44. The smallest absolute Gasteiger partial charge is 0.246 e. The van der Waals surface area contributed by atoms with Crippen LogP contribution in [0.3, 0.4) is 0 Å². The third-order valence-corrected chi connectivity index (χ3v) is 4.10. The highest BCUT2D eigenvalue weighted by Gasteiger charge is 2.39. The van der Waals surface area contributed by atoms with Crippen LogP contribution in [0.25, 0.3) is 0 Å². The minimum Gasteiger partial charge on any atom is -0.337 e. The summed E-state index contributed by atoms with van der Waals surface area (Å²) in [6.07, 6.45) is 4.52. The molecule has 0 amide bonds. The normalized spacial score (nSPS) is 24.4. The van der Waals surface area contributed by atoms with Crippen molar-refractivity contribution in [3.63, 3.8) is 0 Å². The highest BCUT2D eigenvalue weighted by atomic mass is 32.2. The summed E-state index contributed by atoms with van der Waals surface area (Å²) >= 11 is 1.82. The lowest BCUT2D eigenvalue weighted by molar-refractivity contribution is 0.240. The van der Waals surface area contributed by atoms with Gasteiger partial charge in [0.1, 0.15) is 0 Å². The summed E-state index contributed by atoms with van der Waals surface area (Å²) in [4.78, 5) is 4.56. The lowest BCUT2D eigenvalue weighted by atomic mass is 9.92. The van der Waals surface area contributed by atoms with Crippen LogP contribution in [0.2, 0.25) is 0 Å².